The molecule has 0 bridgehead atoms. The Hall–Kier alpha value is -0.390. The molecule has 0 amide bonds. The highest BCUT2D eigenvalue weighted by Crippen LogP contribution is 2.13. The number of imidazole rings is 1. The standard InChI is InChI=1S/C11H16BrN3S/c1-2-4-14(5-3-12)8-10-9-15-6-7-16-11(15)13-10/h6-7,9H,2-5,8H2,1H3. The average Bonchev–Trinajstić information content (AvgIpc) is 2.78. The van der Waals surface area contributed by atoms with Crippen LogP contribution in [0.25, 0.3) is 4.96 Å². The van der Waals surface area contributed by atoms with E-state index in [-0.39, 0.29) is 0 Å². The smallest absolute Gasteiger partial charge is 0.193 e. The molecule has 0 spiro atoms. The van der Waals surface area contributed by atoms with Crippen molar-refractivity contribution in [3.8, 4) is 0 Å². The van der Waals surface area contributed by atoms with Gasteiger partial charge in [-0.25, -0.2) is 4.98 Å². The van der Waals surface area contributed by atoms with Gasteiger partial charge in [-0.1, -0.05) is 22.9 Å². The van der Waals surface area contributed by atoms with Crippen LogP contribution < -0.4 is 0 Å². The molecule has 0 saturated carbocycles. The summed E-state index contributed by atoms with van der Waals surface area (Å²) in [7, 11) is 0. The SMILES string of the molecule is CCCN(CCBr)Cc1cn2ccsc2n1. The molecule has 0 fully saturated rings. The zero-order valence-electron chi connectivity index (χ0n) is 9.40. The molecular weight excluding hydrogens is 286 g/mol. The second-order valence-corrected chi connectivity index (χ2v) is 5.46. The van der Waals surface area contributed by atoms with Crippen LogP contribution in [0.3, 0.4) is 0 Å². The summed E-state index contributed by atoms with van der Waals surface area (Å²) in [6, 6.07) is 0. The van der Waals surface area contributed by atoms with Crippen LogP contribution in [0.15, 0.2) is 17.8 Å². The van der Waals surface area contributed by atoms with Gasteiger partial charge in [0.15, 0.2) is 4.96 Å². The molecule has 3 nitrogen and oxygen atoms in total. The van der Waals surface area contributed by atoms with Crippen molar-refractivity contribution in [2.45, 2.75) is 19.9 Å². The molecule has 16 heavy (non-hydrogen) atoms. The summed E-state index contributed by atoms with van der Waals surface area (Å²) in [5.41, 5.74) is 1.17. The third-order valence-electron chi connectivity index (χ3n) is 2.47. The number of hydrogen-bond acceptors (Lipinski definition) is 3. The van der Waals surface area contributed by atoms with Crippen LogP contribution in [0, 0.1) is 0 Å². The van der Waals surface area contributed by atoms with E-state index in [2.05, 4.69) is 54.9 Å². The van der Waals surface area contributed by atoms with Crippen molar-refractivity contribution in [3.63, 3.8) is 0 Å². The highest BCUT2D eigenvalue weighted by atomic mass is 79.9. The molecule has 88 valence electrons. The molecule has 2 rings (SSSR count). The molecule has 0 atom stereocenters. The molecule has 0 saturated heterocycles. The third kappa shape index (κ3) is 2.84. The highest BCUT2D eigenvalue weighted by molar-refractivity contribution is 9.09. The zero-order chi connectivity index (χ0) is 11.4. The second kappa shape index (κ2) is 5.80. The van der Waals surface area contributed by atoms with Crippen LogP contribution in [0.5, 0.6) is 0 Å². The lowest BCUT2D eigenvalue weighted by Gasteiger charge is -2.18. The minimum Gasteiger partial charge on any atom is -0.297 e. The van der Waals surface area contributed by atoms with Crippen molar-refractivity contribution in [2.75, 3.05) is 18.4 Å². The second-order valence-electron chi connectivity index (χ2n) is 3.79. The van der Waals surface area contributed by atoms with Gasteiger partial charge >= 0.3 is 0 Å². The summed E-state index contributed by atoms with van der Waals surface area (Å²) in [5.74, 6) is 0. The van der Waals surface area contributed by atoms with Crippen molar-refractivity contribution in [2.24, 2.45) is 0 Å². The molecule has 2 heterocycles. The number of rotatable bonds is 6. The maximum Gasteiger partial charge on any atom is 0.193 e. The predicted octanol–water partition coefficient (Wildman–Crippen LogP) is 3.00. The summed E-state index contributed by atoms with van der Waals surface area (Å²) in [6.45, 7) is 5.39. The van der Waals surface area contributed by atoms with Crippen LogP contribution >= 0.6 is 27.3 Å². The van der Waals surface area contributed by atoms with Gasteiger partial charge in [-0.2, -0.15) is 0 Å². The van der Waals surface area contributed by atoms with E-state index in [9.17, 15) is 0 Å². The summed E-state index contributed by atoms with van der Waals surface area (Å²) >= 11 is 5.18. The first-order chi connectivity index (χ1) is 7.83. The number of nitrogens with zero attached hydrogens (tertiary/aromatic N) is 3. The quantitative estimate of drug-likeness (QED) is 0.765. The van der Waals surface area contributed by atoms with Crippen LogP contribution in [0.1, 0.15) is 19.0 Å². The number of hydrogen-bond donors (Lipinski definition) is 0. The highest BCUT2D eigenvalue weighted by Gasteiger charge is 2.08. The first kappa shape index (κ1) is 12.1. The number of halogens is 1. The molecule has 0 aliphatic carbocycles. The Kier molecular flexibility index (Phi) is 4.37. The summed E-state index contributed by atoms with van der Waals surface area (Å²) in [6.07, 6.45) is 5.38. The van der Waals surface area contributed by atoms with E-state index < -0.39 is 0 Å². The fourth-order valence-electron chi connectivity index (χ4n) is 1.79. The van der Waals surface area contributed by atoms with E-state index >= 15 is 0 Å². The van der Waals surface area contributed by atoms with Gasteiger partial charge in [0, 0.05) is 36.2 Å². The van der Waals surface area contributed by atoms with E-state index in [0.29, 0.717) is 0 Å². The number of aromatic nitrogens is 2. The molecule has 2 aromatic heterocycles. The summed E-state index contributed by atoms with van der Waals surface area (Å²) < 4.78 is 2.10. The third-order valence-corrected chi connectivity index (χ3v) is 3.59. The number of fused-ring (bicyclic) bond motifs is 1. The van der Waals surface area contributed by atoms with Crippen molar-refractivity contribution in [1.82, 2.24) is 14.3 Å². The van der Waals surface area contributed by atoms with E-state index in [4.69, 9.17) is 0 Å². The number of thiazole rings is 1. The van der Waals surface area contributed by atoms with Crippen LogP contribution in [-0.4, -0.2) is 32.7 Å². The first-order valence-electron chi connectivity index (χ1n) is 5.53. The van der Waals surface area contributed by atoms with Gasteiger partial charge in [-0.05, 0) is 13.0 Å². The van der Waals surface area contributed by atoms with Crippen molar-refractivity contribution in [1.29, 1.82) is 0 Å². The minimum absolute atomic E-state index is 0.952. The molecule has 0 unspecified atom stereocenters. The van der Waals surface area contributed by atoms with Crippen LogP contribution in [0.4, 0.5) is 0 Å². The average molecular weight is 302 g/mol. The summed E-state index contributed by atoms with van der Waals surface area (Å²) in [5, 5.41) is 3.09. The molecule has 0 aliphatic rings. The predicted molar refractivity (Wildman–Crippen MR) is 72.4 cm³/mol. The molecule has 0 N–H and O–H groups in total. The van der Waals surface area contributed by atoms with Crippen molar-refractivity contribution in [3.05, 3.63) is 23.5 Å². The lowest BCUT2D eigenvalue weighted by atomic mass is 10.3. The van der Waals surface area contributed by atoms with E-state index in [0.717, 1.165) is 29.9 Å². The van der Waals surface area contributed by atoms with Crippen molar-refractivity contribution >= 4 is 32.2 Å². The van der Waals surface area contributed by atoms with E-state index in [1.807, 2.05) is 0 Å². The normalized spacial score (nSPS) is 11.7. The van der Waals surface area contributed by atoms with Gasteiger partial charge in [-0.3, -0.25) is 9.30 Å². The molecular formula is C11H16BrN3S. The van der Waals surface area contributed by atoms with Gasteiger partial charge in [0.25, 0.3) is 0 Å². The van der Waals surface area contributed by atoms with Gasteiger partial charge in [0.1, 0.15) is 0 Å². The fourth-order valence-corrected chi connectivity index (χ4v) is 3.01. The Morgan fingerprint density at radius 2 is 2.38 bits per heavy atom. The molecule has 5 heteroatoms. The lowest BCUT2D eigenvalue weighted by Crippen LogP contribution is -2.26. The maximum atomic E-state index is 4.60. The van der Waals surface area contributed by atoms with Crippen LogP contribution in [0.2, 0.25) is 0 Å². The minimum atomic E-state index is 0.952. The Morgan fingerprint density at radius 3 is 3.06 bits per heavy atom. The largest absolute Gasteiger partial charge is 0.297 e. The molecule has 0 aliphatic heterocycles. The van der Waals surface area contributed by atoms with Gasteiger partial charge in [0.05, 0.1) is 5.69 Å². The van der Waals surface area contributed by atoms with E-state index in [1.165, 1.54) is 12.1 Å². The number of alkyl halides is 1. The Morgan fingerprint density at radius 1 is 1.50 bits per heavy atom. The Labute approximate surface area is 108 Å². The van der Waals surface area contributed by atoms with Gasteiger partial charge < -0.3 is 0 Å². The first-order valence-corrected chi connectivity index (χ1v) is 7.53. The molecule has 0 radical (unpaired) electrons. The Bertz CT molecular complexity index is 403. The van der Waals surface area contributed by atoms with Crippen LogP contribution in [-0.2, 0) is 6.54 Å². The van der Waals surface area contributed by atoms with E-state index in [1.54, 1.807) is 11.3 Å². The fraction of sp³-hybridized carbons (Fsp3) is 0.545. The topological polar surface area (TPSA) is 20.5 Å². The monoisotopic (exact) mass is 301 g/mol. The van der Waals surface area contributed by atoms with Gasteiger partial charge in [-0.15, -0.1) is 11.3 Å². The lowest BCUT2D eigenvalue weighted by molar-refractivity contribution is 0.281. The summed E-state index contributed by atoms with van der Waals surface area (Å²) in [4.78, 5) is 8.12. The zero-order valence-corrected chi connectivity index (χ0v) is 11.8. The Balaban J connectivity index is 2.03. The molecule has 2 aromatic rings. The van der Waals surface area contributed by atoms with Gasteiger partial charge in [0.2, 0.25) is 0 Å². The van der Waals surface area contributed by atoms with Crippen molar-refractivity contribution < 1.29 is 0 Å². The maximum absolute atomic E-state index is 4.60. The molecule has 0 aromatic carbocycles.